The van der Waals surface area contributed by atoms with E-state index in [1.807, 2.05) is 60.7 Å². The average Bonchev–Trinajstić information content (AvgIpc) is 3.46. The largest absolute Gasteiger partial charge is 0.456 e. The molecule has 0 radical (unpaired) electrons. The predicted molar refractivity (Wildman–Crippen MR) is 176 cm³/mol. The first-order valence-corrected chi connectivity index (χ1v) is 14.4. The molecule has 0 aliphatic carbocycles. The Morgan fingerprint density at radius 1 is 0.372 bits per heavy atom. The zero-order valence-corrected chi connectivity index (χ0v) is 23.0. The molecule has 0 fully saturated rings. The van der Waals surface area contributed by atoms with Gasteiger partial charge in [0.1, 0.15) is 11.2 Å². The fraction of sp³-hybridized carbons (Fsp3) is 0. The number of rotatable bonds is 3. The van der Waals surface area contributed by atoms with Crippen molar-refractivity contribution in [1.82, 2.24) is 15.0 Å². The molecular weight excluding hydrogens is 526 g/mol. The summed E-state index contributed by atoms with van der Waals surface area (Å²) in [5.74, 6) is 1.91. The normalized spacial score (nSPS) is 11.7. The molecule has 0 atom stereocenters. The topological polar surface area (TPSA) is 51.8 Å². The van der Waals surface area contributed by atoms with E-state index < -0.39 is 0 Å². The number of hydrogen-bond acceptors (Lipinski definition) is 4. The summed E-state index contributed by atoms with van der Waals surface area (Å²) in [7, 11) is 0. The van der Waals surface area contributed by atoms with E-state index in [4.69, 9.17) is 19.4 Å². The molecule has 0 saturated carbocycles. The van der Waals surface area contributed by atoms with E-state index in [9.17, 15) is 0 Å². The van der Waals surface area contributed by atoms with Crippen molar-refractivity contribution >= 4 is 54.3 Å². The van der Waals surface area contributed by atoms with E-state index in [1.165, 1.54) is 21.5 Å². The van der Waals surface area contributed by atoms with Gasteiger partial charge in [0.05, 0.1) is 0 Å². The molecule has 7 aromatic carbocycles. The molecule has 9 rings (SSSR count). The second kappa shape index (κ2) is 9.33. The fourth-order valence-corrected chi connectivity index (χ4v) is 6.27. The van der Waals surface area contributed by atoms with Gasteiger partial charge in [-0.1, -0.05) is 109 Å². The lowest BCUT2D eigenvalue weighted by atomic mass is 9.92. The summed E-state index contributed by atoms with van der Waals surface area (Å²) in [5, 5.41) is 9.15. The molecule has 0 N–H and O–H groups in total. The van der Waals surface area contributed by atoms with Crippen molar-refractivity contribution in [3.63, 3.8) is 0 Å². The summed E-state index contributed by atoms with van der Waals surface area (Å²) in [4.78, 5) is 15.3. The van der Waals surface area contributed by atoms with E-state index in [0.29, 0.717) is 17.5 Å². The summed E-state index contributed by atoms with van der Waals surface area (Å²) in [6.07, 6.45) is 0. The van der Waals surface area contributed by atoms with Crippen LogP contribution in [-0.2, 0) is 0 Å². The van der Waals surface area contributed by atoms with Gasteiger partial charge < -0.3 is 4.42 Å². The van der Waals surface area contributed by atoms with Crippen LogP contribution < -0.4 is 0 Å². The van der Waals surface area contributed by atoms with Gasteiger partial charge in [-0.05, 0) is 57.3 Å². The summed E-state index contributed by atoms with van der Waals surface area (Å²) < 4.78 is 6.11. The van der Waals surface area contributed by atoms with Gasteiger partial charge in [-0.15, -0.1) is 0 Å². The Balaban J connectivity index is 1.37. The Bertz CT molecular complexity index is 2510. The van der Waals surface area contributed by atoms with E-state index >= 15 is 0 Å². The Morgan fingerprint density at radius 2 is 1.02 bits per heavy atom. The van der Waals surface area contributed by atoms with Crippen LogP contribution in [0.2, 0.25) is 0 Å². The quantitative estimate of drug-likeness (QED) is 0.206. The minimum absolute atomic E-state index is 0.623. The van der Waals surface area contributed by atoms with Crippen molar-refractivity contribution in [2.45, 2.75) is 0 Å². The van der Waals surface area contributed by atoms with Crippen LogP contribution in [-0.4, -0.2) is 15.0 Å². The van der Waals surface area contributed by atoms with E-state index in [-0.39, 0.29) is 0 Å². The highest BCUT2D eigenvalue weighted by molar-refractivity contribution is 6.22. The number of para-hydroxylation sites is 1. The lowest BCUT2D eigenvalue weighted by Gasteiger charge is -2.14. The molecule has 4 heteroatoms. The van der Waals surface area contributed by atoms with Crippen molar-refractivity contribution in [2.24, 2.45) is 0 Å². The highest BCUT2D eigenvalue weighted by Gasteiger charge is 2.18. The number of nitrogens with zero attached hydrogens (tertiary/aromatic N) is 3. The Kier molecular flexibility index (Phi) is 5.16. The van der Waals surface area contributed by atoms with E-state index in [1.54, 1.807) is 0 Å². The second-order valence-electron chi connectivity index (χ2n) is 10.8. The highest BCUT2D eigenvalue weighted by Crippen LogP contribution is 2.39. The van der Waals surface area contributed by atoms with Crippen molar-refractivity contribution in [1.29, 1.82) is 0 Å². The maximum Gasteiger partial charge on any atom is 0.164 e. The fourth-order valence-electron chi connectivity index (χ4n) is 6.27. The zero-order chi connectivity index (χ0) is 28.3. The van der Waals surface area contributed by atoms with Crippen LogP contribution in [0.25, 0.3) is 88.4 Å². The van der Waals surface area contributed by atoms with Gasteiger partial charge in [0.2, 0.25) is 0 Å². The van der Waals surface area contributed by atoms with Crippen molar-refractivity contribution < 1.29 is 4.42 Å². The molecule has 9 aromatic rings. The smallest absolute Gasteiger partial charge is 0.164 e. The molecule has 0 spiro atoms. The van der Waals surface area contributed by atoms with Gasteiger partial charge in [-0.3, -0.25) is 0 Å². The molecule has 0 amide bonds. The second-order valence-corrected chi connectivity index (χ2v) is 10.8. The Hall–Kier alpha value is -5.87. The molecule has 43 heavy (non-hydrogen) atoms. The van der Waals surface area contributed by atoms with Crippen LogP contribution >= 0.6 is 0 Å². The Labute approximate surface area is 246 Å². The van der Waals surface area contributed by atoms with Crippen LogP contribution in [0.3, 0.4) is 0 Å². The molecule has 2 aromatic heterocycles. The number of furan rings is 1. The third kappa shape index (κ3) is 3.81. The van der Waals surface area contributed by atoms with Crippen molar-refractivity contribution in [2.75, 3.05) is 0 Å². The molecule has 0 aliphatic rings. The molecule has 4 nitrogen and oxygen atoms in total. The van der Waals surface area contributed by atoms with E-state index in [2.05, 4.69) is 78.9 Å². The van der Waals surface area contributed by atoms with Crippen LogP contribution in [0.5, 0.6) is 0 Å². The molecule has 2 heterocycles. The first-order valence-electron chi connectivity index (χ1n) is 14.4. The Morgan fingerprint density at radius 3 is 1.88 bits per heavy atom. The van der Waals surface area contributed by atoms with Gasteiger partial charge in [-0.2, -0.15) is 0 Å². The minimum Gasteiger partial charge on any atom is -0.456 e. The summed E-state index contributed by atoms with van der Waals surface area (Å²) in [6.45, 7) is 0. The number of hydrogen-bond donors (Lipinski definition) is 0. The third-order valence-corrected chi connectivity index (χ3v) is 8.29. The van der Waals surface area contributed by atoms with Crippen molar-refractivity contribution in [3.05, 3.63) is 140 Å². The molecule has 0 unspecified atom stereocenters. The molecule has 0 saturated heterocycles. The average molecular weight is 550 g/mol. The van der Waals surface area contributed by atoms with Crippen LogP contribution in [0.15, 0.2) is 144 Å². The van der Waals surface area contributed by atoms with Crippen molar-refractivity contribution in [3.8, 4) is 34.2 Å². The van der Waals surface area contributed by atoms with Crippen LogP contribution in [0.1, 0.15) is 0 Å². The summed E-state index contributed by atoms with van der Waals surface area (Å²) in [5.41, 5.74) is 4.55. The molecular formula is C39H23N3O. The zero-order valence-electron chi connectivity index (χ0n) is 23.0. The maximum absolute atomic E-state index is 6.11. The summed E-state index contributed by atoms with van der Waals surface area (Å²) in [6, 6.07) is 48.1. The minimum atomic E-state index is 0.623. The van der Waals surface area contributed by atoms with Gasteiger partial charge in [-0.25, -0.2) is 15.0 Å². The van der Waals surface area contributed by atoms with Crippen LogP contribution in [0.4, 0.5) is 0 Å². The summed E-state index contributed by atoms with van der Waals surface area (Å²) >= 11 is 0. The highest BCUT2D eigenvalue weighted by atomic mass is 16.3. The standard InChI is InChI=1S/C39H23N3O/c1-2-11-25(12-3-1)37-40-38(27-19-21-35-32(23-27)30-16-8-9-17-34(30)43-35)42-39(41-37)33-22-26-13-5-6-14-28(26)31-20-18-24-10-4-7-15-29(24)36(31)33/h1-23H. The van der Waals surface area contributed by atoms with Crippen LogP contribution in [0, 0.1) is 0 Å². The lowest BCUT2D eigenvalue weighted by Crippen LogP contribution is -2.01. The lowest BCUT2D eigenvalue weighted by molar-refractivity contribution is 0.669. The third-order valence-electron chi connectivity index (χ3n) is 8.29. The number of aromatic nitrogens is 3. The van der Waals surface area contributed by atoms with Gasteiger partial charge in [0.25, 0.3) is 0 Å². The number of fused-ring (bicyclic) bond motifs is 8. The first kappa shape index (κ1) is 23.8. The van der Waals surface area contributed by atoms with Gasteiger partial charge >= 0.3 is 0 Å². The predicted octanol–water partition coefficient (Wildman–Crippen LogP) is 10.2. The van der Waals surface area contributed by atoms with Gasteiger partial charge in [0.15, 0.2) is 17.5 Å². The monoisotopic (exact) mass is 549 g/mol. The molecule has 200 valence electrons. The number of benzene rings is 7. The molecule has 0 bridgehead atoms. The maximum atomic E-state index is 6.11. The van der Waals surface area contributed by atoms with Gasteiger partial charge in [0, 0.05) is 32.8 Å². The molecule has 0 aliphatic heterocycles. The first-order chi connectivity index (χ1) is 21.3. The SMILES string of the molecule is c1ccc(-c2nc(-c3ccc4oc5ccccc5c4c3)nc(-c3cc4ccccc4c4ccc5ccccc5c34)n2)cc1. The van der Waals surface area contributed by atoms with E-state index in [0.717, 1.165) is 49.4 Å².